The van der Waals surface area contributed by atoms with E-state index in [4.69, 9.17) is 0 Å². The van der Waals surface area contributed by atoms with Gasteiger partial charge in [-0.25, -0.2) is 4.98 Å². The summed E-state index contributed by atoms with van der Waals surface area (Å²) in [6.45, 7) is 2.81. The monoisotopic (exact) mass is 361 g/mol. The zero-order valence-electron chi connectivity index (χ0n) is 15.4. The Bertz CT molecular complexity index is 1010. The Hall–Kier alpha value is -2.95. The van der Waals surface area contributed by atoms with Crippen LogP contribution < -0.4 is 5.56 Å². The van der Waals surface area contributed by atoms with Gasteiger partial charge in [0, 0.05) is 6.54 Å². The van der Waals surface area contributed by atoms with Crippen molar-refractivity contribution in [3.05, 3.63) is 76.8 Å². The second kappa shape index (κ2) is 7.35. The van der Waals surface area contributed by atoms with Crippen LogP contribution in [-0.4, -0.2) is 26.9 Å². The summed E-state index contributed by atoms with van der Waals surface area (Å²) in [6.07, 6.45) is 3.82. The molecule has 1 aliphatic rings. The molecule has 1 unspecified atom stereocenters. The highest BCUT2D eigenvalue weighted by Crippen LogP contribution is 2.33. The molecule has 1 heterocycles. The van der Waals surface area contributed by atoms with E-state index < -0.39 is 0 Å². The third-order valence-corrected chi connectivity index (χ3v) is 5.26. The lowest BCUT2D eigenvalue weighted by molar-refractivity contribution is -0.134. The largest absolute Gasteiger partial charge is 0.334 e. The Morgan fingerprint density at radius 1 is 1.15 bits per heavy atom. The molecule has 3 aromatic rings. The van der Waals surface area contributed by atoms with Crippen molar-refractivity contribution in [3.8, 4) is 0 Å². The first kappa shape index (κ1) is 17.5. The average molecular weight is 361 g/mol. The molecule has 5 nitrogen and oxygen atoms in total. The number of amides is 1. The highest BCUT2D eigenvalue weighted by Gasteiger charge is 2.30. The molecule has 1 saturated carbocycles. The Morgan fingerprint density at radius 2 is 1.85 bits per heavy atom. The van der Waals surface area contributed by atoms with E-state index in [1.807, 2.05) is 47.4 Å². The molecule has 1 atom stereocenters. The number of benzene rings is 2. The fourth-order valence-corrected chi connectivity index (χ4v) is 3.42. The minimum Gasteiger partial charge on any atom is -0.334 e. The van der Waals surface area contributed by atoms with E-state index in [1.165, 1.54) is 23.7 Å². The van der Waals surface area contributed by atoms with Gasteiger partial charge in [0.15, 0.2) is 0 Å². The lowest BCUT2D eigenvalue weighted by atomic mass is 10.1. The van der Waals surface area contributed by atoms with E-state index in [0.29, 0.717) is 16.8 Å². The molecule has 0 aliphatic heterocycles. The van der Waals surface area contributed by atoms with Crippen LogP contribution in [0.15, 0.2) is 65.7 Å². The maximum absolute atomic E-state index is 13.1. The smallest absolute Gasteiger partial charge is 0.261 e. The average Bonchev–Trinajstić information content (AvgIpc) is 3.53. The van der Waals surface area contributed by atoms with Gasteiger partial charge in [0.1, 0.15) is 6.54 Å². The first-order chi connectivity index (χ1) is 13.1. The highest BCUT2D eigenvalue weighted by molar-refractivity contribution is 5.79. The van der Waals surface area contributed by atoms with Crippen LogP contribution in [0.3, 0.4) is 0 Å². The molecule has 138 valence electrons. The van der Waals surface area contributed by atoms with Gasteiger partial charge in [-0.15, -0.1) is 0 Å². The van der Waals surface area contributed by atoms with Crippen LogP contribution in [0.25, 0.3) is 10.9 Å². The van der Waals surface area contributed by atoms with Gasteiger partial charge in [-0.05, 0) is 43.4 Å². The summed E-state index contributed by atoms with van der Waals surface area (Å²) >= 11 is 0. The Balaban J connectivity index is 1.60. The molecule has 0 bridgehead atoms. The molecular formula is C22H23N3O2. The second-order valence-electron chi connectivity index (χ2n) is 7.27. The minimum absolute atomic E-state index is 0.0144. The Labute approximate surface area is 158 Å². The summed E-state index contributed by atoms with van der Waals surface area (Å²) in [5.41, 5.74) is 1.59. The van der Waals surface area contributed by atoms with Crippen LogP contribution in [0.4, 0.5) is 0 Å². The fraction of sp³-hybridized carbons (Fsp3) is 0.318. The number of carbonyl (C=O) groups is 1. The molecule has 4 rings (SSSR count). The molecule has 0 radical (unpaired) electrons. The molecule has 0 spiro atoms. The molecule has 1 fully saturated rings. The molecule has 1 aromatic heterocycles. The summed E-state index contributed by atoms with van der Waals surface area (Å²) in [4.78, 5) is 32.1. The normalized spacial score (nSPS) is 14.9. The quantitative estimate of drug-likeness (QED) is 0.676. The van der Waals surface area contributed by atoms with Crippen molar-refractivity contribution < 1.29 is 4.79 Å². The van der Waals surface area contributed by atoms with Crippen molar-refractivity contribution in [2.45, 2.75) is 32.4 Å². The van der Waals surface area contributed by atoms with Gasteiger partial charge < -0.3 is 4.90 Å². The molecule has 1 aliphatic carbocycles. The van der Waals surface area contributed by atoms with E-state index in [1.54, 1.807) is 12.1 Å². The summed E-state index contributed by atoms with van der Waals surface area (Å²) in [6, 6.07) is 17.2. The Kier molecular flexibility index (Phi) is 4.75. The predicted octanol–water partition coefficient (Wildman–Crippen LogP) is 3.40. The van der Waals surface area contributed by atoms with Gasteiger partial charge in [0.2, 0.25) is 5.91 Å². The molecule has 5 heteroatoms. The lowest BCUT2D eigenvalue weighted by Crippen LogP contribution is -2.39. The molecule has 1 amide bonds. The molecular weight excluding hydrogens is 338 g/mol. The summed E-state index contributed by atoms with van der Waals surface area (Å²) in [5.74, 6) is 0.531. The van der Waals surface area contributed by atoms with Crippen LogP contribution in [0.2, 0.25) is 0 Å². The van der Waals surface area contributed by atoms with Crippen molar-refractivity contribution in [1.29, 1.82) is 0 Å². The number of hydrogen-bond acceptors (Lipinski definition) is 3. The predicted molar refractivity (Wildman–Crippen MR) is 105 cm³/mol. The first-order valence-corrected chi connectivity index (χ1v) is 9.42. The lowest BCUT2D eigenvalue weighted by Gasteiger charge is -2.30. The molecule has 2 aromatic carbocycles. The van der Waals surface area contributed by atoms with Crippen LogP contribution in [-0.2, 0) is 11.3 Å². The maximum atomic E-state index is 13.1. The van der Waals surface area contributed by atoms with Crippen LogP contribution in [0.1, 0.15) is 31.4 Å². The topological polar surface area (TPSA) is 55.2 Å². The zero-order chi connectivity index (χ0) is 18.8. The Morgan fingerprint density at radius 3 is 2.59 bits per heavy atom. The van der Waals surface area contributed by atoms with Crippen LogP contribution in [0, 0.1) is 5.92 Å². The highest BCUT2D eigenvalue weighted by atomic mass is 16.2. The van der Waals surface area contributed by atoms with Crippen molar-refractivity contribution >= 4 is 16.8 Å². The number of hydrogen-bond donors (Lipinski definition) is 0. The van der Waals surface area contributed by atoms with Gasteiger partial charge in [-0.2, -0.15) is 0 Å². The number of para-hydroxylation sites is 1. The zero-order valence-corrected chi connectivity index (χ0v) is 15.4. The van der Waals surface area contributed by atoms with Gasteiger partial charge in [0.05, 0.1) is 23.3 Å². The minimum atomic E-state index is -0.173. The summed E-state index contributed by atoms with van der Waals surface area (Å²) in [7, 11) is 0. The molecule has 0 N–H and O–H groups in total. The summed E-state index contributed by atoms with van der Waals surface area (Å²) < 4.78 is 1.42. The number of rotatable bonds is 6. The van der Waals surface area contributed by atoms with Gasteiger partial charge in [0.25, 0.3) is 5.56 Å². The number of fused-ring (bicyclic) bond motifs is 1. The number of nitrogens with zero attached hydrogens (tertiary/aromatic N) is 3. The summed E-state index contributed by atoms with van der Waals surface area (Å²) in [5, 5.41) is 0.539. The number of carbonyl (C=O) groups excluding carboxylic acids is 1. The first-order valence-electron chi connectivity index (χ1n) is 9.42. The van der Waals surface area contributed by atoms with E-state index in [-0.39, 0.29) is 24.1 Å². The third-order valence-electron chi connectivity index (χ3n) is 5.26. The molecule has 0 saturated heterocycles. The second-order valence-corrected chi connectivity index (χ2v) is 7.27. The fourth-order valence-electron chi connectivity index (χ4n) is 3.42. The van der Waals surface area contributed by atoms with Crippen molar-refractivity contribution in [2.24, 2.45) is 5.92 Å². The van der Waals surface area contributed by atoms with E-state index in [0.717, 1.165) is 12.1 Å². The van der Waals surface area contributed by atoms with Gasteiger partial charge in [-0.3, -0.25) is 14.2 Å². The standard InChI is InChI=1S/C22H23N3O2/c1-16(18-7-3-2-4-8-18)25(13-17-11-12-17)21(26)14-24-15-23-20-10-6-5-9-19(20)22(24)27/h2-10,15-17H,11-14H2,1H3. The van der Waals surface area contributed by atoms with Gasteiger partial charge in [-0.1, -0.05) is 42.5 Å². The van der Waals surface area contributed by atoms with Crippen molar-refractivity contribution in [2.75, 3.05) is 6.54 Å². The van der Waals surface area contributed by atoms with Crippen molar-refractivity contribution in [1.82, 2.24) is 14.5 Å². The van der Waals surface area contributed by atoms with E-state index in [2.05, 4.69) is 11.9 Å². The molecule has 27 heavy (non-hydrogen) atoms. The maximum Gasteiger partial charge on any atom is 0.261 e. The van der Waals surface area contributed by atoms with Crippen LogP contribution in [0.5, 0.6) is 0 Å². The van der Waals surface area contributed by atoms with Crippen molar-refractivity contribution in [3.63, 3.8) is 0 Å². The van der Waals surface area contributed by atoms with E-state index >= 15 is 0 Å². The number of aromatic nitrogens is 2. The van der Waals surface area contributed by atoms with E-state index in [9.17, 15) is 9.59 Å². The SMILES string of the molecule is CC(c1ccccc1)N(CC1CC1)C(=O)Cn1cnc2ccccc2c1=O. The van der Waals surface area contributed by atoms with Gasteiger partial charge >= 0.3 is 0 Å². The van der Waals surface area contributed by atoms with Crippen LogP contribution >= 0.6 is 0 Å². The third kappa shape index (κ3) is 3.77.